The van der Waals surface area contributed by atoms with E-state index in [-0.39, 0.29) is 17.9 Å². The lowest BCUT2D eigenvalue weighted by Gasteiger charge is -2.25. The summed E-state index contributed by atoms with van der Waals surface area (Å²) < 4.78 is 10.7. The zero-order chi connectivity index (χ0) is 28.9. The molecule has 2 heterocycles. The number of methoxy groups -OCH3 is 1. The molecule has 3 aromatic carbocycles. The summed E-state index contributed by atoms with van der Waals surface area (Å²) >= 11 is 0. The van der Waals surface area contributed by atoms with Gasteiger partial charge in [-0.15, -0.1) is 0 Å². The molecule has 0 unspecified atom stereocenters. The highest BCUT2D eigenvalue weighted by atomic mass is 16.5. The highest BCUT2D eigenvalue weighted by Gasteiger charge is 2.46. The first-order valence-electron chi connectivity index (χ1n) is 13.0. The molecule has 1 N–H and O–H groups in total. The Morgan fingerprint density at radius 2 is 1.59 bits per heavy atom. The number of aliphatic hydroxyl groups excluding tert-OH is 1. The van der Waals surface area contributed by atoms with Crippen molar-refractivity contribution in [2.24, 2.45) is 0 Å². The molecule has 1 atom stereocenters. The number of ether oxygens (including phenoxy) is 2. The largest absolute Gasteiger partial charge is 0.507 e. The summed E-state index contributed by atoms with van der Waals surface area (Å²) in [5.41, 5.74) is 4.15. The SMILES string of the molecule is COC(=O)c1ccc([C@H]2/C(=C(\O)c3ccc(OCc4cccc(C)c4)cc3)C(=O)C(=O)N2Cc2ccncc2)cc1. The van der Waals surface area contributed by atoms with Crippen molar-refractivity contribution in [2.75, 3.05) is 7.11 Å². The summed E-state index contributed by atoms with van der Waals surface area (Å²) in [7, 11) is 1.29. The van der Waals surface area contributed by atoms with Crippen molar-refractivity contribution in [2.45, 2.75) is 26.1 Å². The molecule has 8 heteroatoms. The fraction of sp³-hybridized carbons (Fsp3) is 0.152. The summed E-state index contributed by atoms with van der Waals surface area (Å²) in [5, 5.41) is 11.4. The molecule has 1 aromatic heterocycles. The number of hydrogen-bond donors (Lipinski definition) is 1. The van der Waals surface area contributed by atoms with Gasteiger partial charge in [-0.1, -0.05) is 42.0 Å². The monoisotopic (exact) mass is 548 g/mol. The average Bonchev–Trinajstić information content (AvgIpc) is 3.25. The number of Topliss-reactive ketones (excluding diaryl/α,β-unsaturated/α-hetero) is 1. The molecule has 0 aliphatic carbocycles. The van der Waals surface area contributed by atoms with Crippen molar-refractivity contribution < 1.29 is 29.0 Å². The Morgan fingerprint density at radius 1 is 0.902 bits per heavy atom. The zero-order valence-corrected chi connectivity index (χ0v) is 22.6. The summed E-state index contributed by atoms with van der Waals surface area (Å²) in [6, 6.07) is 23.8. The van der Waals surface area contributed by atoms with E-state index in [4.69, 9.17) is 9.47 Å². The summed E-state index contributed by atoms with van der Waals surface area (Å²) in [4.78, 5) is 44.0. The van der Waals surface area contributed by atoms with Gasteiger partial charge in [0.2, 0.25) is 0 Å². The van der Waals surface area contributed by atoms with E-state index >= 15 is 0 Å². The number of hydrogen-bond acceptors (Lipinski definition) is 7. The molecular weight excluding hydrogens is 520 g/mol. The van der Waals surface area contributed by atoms with Crippen LogP contribution in [0.5, 0.6) is 5.75 Å². The number of ketones is 1. The van der Waals surface area contributed by atoms with Gasteiger partial charge in [-0.25, -0.2) is 4.79 Å². The number of rotatable bonds is 8. The minimum atomic E-state index is -0.882. The zero-order valence-electron chi connectivity index (χ0n) is 22.6. The Morgan fingerprint density at radius 3 is 2.24 bits per heavy atom. The molecule has 8 nitrogen and oxygen atoms in total. The van der Waals surface area contributed by atoms with Crippen LogP contribution in [0.15, 0.2) is 103 Å². The lowest BCUT2D eigenvalue weighted by Crippen LogP contribution is -2.29. The van der Waals surface area contributed by atoms with E-state index in [0.29, 0.717) is 29.0 Å². The number of aliphatic hydroxyl groups is 1. The topological polar surface area (TPSA) is 106 Å². The predicted molar refractivity (Wildman–Crippen MR) is 152 cm³/mol. The molecule has 4 aromatic rings. The van der Waals surface area contributed by atoms with Crippen LogP contribution in [0.25, 0.3) is 5.76 Å². The second-order valence-corrected chi connectivity index (χ2v) is 9.70. The molecule has 1 saturated heterocycles. The fourth-order valence-corrected chi connectivity index (χ4v) is 4.83. The van der Waals surface area contributed by atoms with E-state index in [2.05, 4.69) is 4.98 Å². The molecule has 1 amide bonds. The first-order valence-corrected chi connectivity index (χ1v) is 13.0. The van der Waals surface area contributed by atoms with Crippen molar-refractivity contribution in [3.8, 4) is 5.75 Å². The van der Waals surface area contributed by atoms with Crippen molar-refractivity contribution in [3.63, 3.8) is 0 Å². The first-order chi connectivity index (χ1) is 19.9. The maximum Gasteiger partial charge on any atom is 0.337 e. The summed E-state index contributed by atoms with van der Waals surface area (Å²) in [6.45, 7) is 2.52. The molecule has 41 heavy (non-hydrogen) atoms. The molecular formula is C33H28N2O6. The molecule has 1 aliphatic heterocycles. The van der Waals surface area contributed by atoms with Crippen molar-refractivity contribution in [3.05, 3.63) is 136 Å². The van der Waals surface area contributed by atoms with Gasteiger partial charge in [0.1, 0.15) is 18.1 Å². The quantitative estimate of drug-likeness (QED) is 0.136. The average molecular weight is 549 g/mol. The van der Waals surface area contributed by atoms with Gasteiger partial charge >= 0.3 is 5.97 Å². The maximum atomic E-state index is 13.4. The number of esters is 1. The van der Waals surface area contributed by atoms with Gasteiger partial charge in [0.15, 0.2) is 0 Å². The van der Waals surface area contributed by atoms with E-state index in [1.54, 1.807) is 73.1 Å². The Bertz CT molecular complexity index is 1610. The van der Waals surface area contributed by atoms with E-state index in [0.717, 1.165) is 16.7 Å². The Kier molecular flexibility index (Phi) is 7.92. The molecule has 5 rings (SSSR count). The summed E-state index contributed by atoms with van der Waals surface area (Å²) in [5.74, 6) is -1.74. The number of pyridine rings is 1. The number of aryl methyl sites for hydroxylation is 1. The normalized spacial score (nSPS) is 16.0. The number of carbonyl (C=O) groups is 3. The van der Waals surface area contributed by atoms with Crippen LogP contribution in [0, 0.1) is 6.92 Å². The first kappa shape index (κ1) is 27.3. The van der Waals surface area contributed by atoms with Gasteiger partial charge in [-0.3, -0.25) is 14.6 Å². The van der Waals surface area contributed by atoms with Crippen LogP contribution in [0.3, 0.4) is 0 Å². The smallest absolute Gasteiger partial charge is 0.337 e. The fourth-order valence-electron chi connectivity index (χ4n) is 4.83. The maximum absolute atomic E-state index is 13.4. The lowest BCUT2D eigenvalue weighted by molar-refractivity contribution is -0.140. The van der Waals surface area contributed by atoms with Crippen LogP contribution in [-0.2, 0) is 27.5 Å². The van der Waals surface area contributed by atoms with Gasteiger partial charge in [0.05, 0.1) is 24.3 Å². The number of aromatic nitrogens is 1. The Labute approximate surface area is 237 Å². The molecule has 1 fully saturated rings. The molecule has 0 saturated carbocycles. The van der Waals surface area contributed by atoms with Crippen LogP contribution in [0.1, 0.15) is 44.2 Å². The van der Waals surface area contributed by atoms with Crippen LogP contribution in [-0.4, -0.2) is 39.8 Å². The Hall–Kier alpha value is -5.24. The molecule has 0 radical (unpaired) electrons. The standard InChI is InChI=1S/C33H28N2O6/c1-21-4-3-5-23(18-21)20-41-27-12-10-25(11-13-27)30(36)28-29(24-6-8-26(9-7-24)33(39)40-2)35(32(38)31(28)37)19-22-14-16-34-17-15-22/h3-18,29,36H,19-20H2,1-2H3/b30-28+/t29-/m0/s1. The number of amides is 1. The van der Waals surface area contributed by atoms with E-state index < -0.39 is 23.7 Å². The van der Waals surface area contributed by atoms with Crippen LogP contribution in [0.2, 0.25) is 0 Å². The van der Waals surface area contributed by atoms with Gasteiger partial charge in [-0.05, 0) is 72.1 Å². The number of benzene rings is 3. The van der Waals surface area contributed by atoms with Crippen molar-refractivity contribution >= 4 is 23.4 Å². The van der Waals surface area contributed by atoms with Gasteiger partial charge in [0.25, 0.3) is 11.7 Å². The lowest BCUT2D eigenvalue weighted by atomic mass is 9.94. The van der Waals surface area contributed by atoms with Crippen LogP contribution < -0.4 is 4.74 Å². The number of nitrogens with zero attached hydrogens (tertiary/aromatic N) is 2. The van der Waals surface area contributed by atoms with Crippen molar-refractivity contribution in [1.82, 2.24) is 9.88 Å². The second kappa shape index (κ2) is 11.9. The highest BCUT2D eigenvalue weighted by molar-refractivity contribution is 6.46. The summed E-state index contributed by atoms with van der Waals surface area (Å²) in [6.07, 6.45) is 3.21. The van der Waals surface area contributed by atoms with Crippen molar-refractivity contribution in [1.29, 1.82) is 0 Å². The third-order valence-corrected chi connectivity index (χ3v) is 6.91. The van der Waals surface area contributed by atoms with Crippen LogP contribution in [0.4, 0.5) is 0 Å². The number of carbonyl (C=O) groups excluding carboxylic acids is 3. The minimum Gasteiger partial charge on any atom is -0.507 e. The third-order valence-electron chi connectivity index (χ3n) is 6.91. The van der Waals surface area contributed by atoms with E-state index in [1.807, 2.05) is 31.2 Å². The second-order valence-electron chi connectivity index (χ2n) is 9.70. The molecule has 206 valence electrons. The van der Waals surface area contributed by atoms with E-state index in [1.165, 1.54) is 12.0 Å². The molecule has 0 bridgehead atoms. The predicted octanol–water partition coefficient (Wildman–Crippen LogP) is 5.38. The minimum absolute atomic E-state index is 0.0386. The Balaban J connectivity index is 1.48. The molecule has 0 spiro atoms. The van der Waals surface area contributed by atoms with Gasteiger partial charge in [-0.2, -0.15) is 0 Å². The molecule has 1 aliphatic rings. The van der Waals surface area contributed by atoms with E-state index in [9.17, 15) is 19.5 Å². The van der Waals surface area contributed by atoms with Gasteiger partial charge in [0, 0.05) is 24.5 Å². The third kappa shape index (κ3) is 5.86. The van der Waals surface area contributed by atoms with Gasteiger partial charge < -0.3 is 19.5 Å². The van der Waals surface area contributed by atoms with Crippen LogP contribution >= 0.6 is 0 Å². The number of likely N-dealkylation sites (tertiary alicyclic amines) is 1. The highest BCUT2D eigenvalue weighted by Crippen LogP contribution is 2.40.